The number of fused-ring (bicyclic) bond motifs is 1. The molecule has 0 radical (unpaired) electrons. The van der Waals surface area contributed by atoms with Crippen molar-refractivity contribution in [3.63, 3.8) is 0 Å². The van der Waals surface area contributed by atoms with E-state index in [1.807, 2.05) is 30.3 Å². The van der Waals surface area contributed by atoms with Crippen LogP contribution in [0.1, 0.15) is 12.8 Å². The number of piperidine rings is 1. The van der Waals surface area contributed by atoms with E-state index in [1.54, 1.807) is 6.33 Å². The van der Waals surface area contributed by atoms with E-state index in [1.165, 1.54) is 6.33 Å². The number of rotatable bonds is 3. The molecule has 7 heteroatoms. The fourth-order valence-corrected chi connectivity index (χ4v) is 3.14. The lowest BCUT2D eigenvalue weighted by Gasteiger charge is -2.32. The Kier molecular flexibility index (Phi) is 3.82. The van der Waals surface area contributed by atoms with E-state index >= 15 is 0 Å². The first-order valence-corrected chi connectivity index (χ1v) is 8.06. The first kappa shape index (κ1) is 14.6. The van der Waals surface area contributed by atoms with Gasteiger partial charge in [0, 0.05) is 18.8 Å². The van der Waals surface area contributed by atoms with Gasteiger partial charge in [0.25, 0.3) is 0 Å². The third-order valence-electron chi connectivity index (χ3n) is 4.34. The number of nitrogens with one attached hydrogen (secondary N) is 2. The van der Waals surface area contributed by atoms with Gasteiger partial charge < -0.3 is 15.2 Å². The summed E-state index contributed by atoms with van der Waals surface area (Å²) in [6.07, 6.45) is 4.97. The van der Waals surface area contributed by atoms with Crippen molar-refractivity contribution in [2.75, 3.05) is 23.3 Å². The van der Waals surface area contributed by atoms with Gasteiger partial charge in [-0.05, 0) is 25.0 Å². The summed E-state index contributed by atoms with van der Waals surface area (Å²) in [6.45, 7) is 1.52. The Morgan fingerprint density at radius 3 is 2.96 bits per heavy atom. The lowest BCUT2D eigenvalue weighted by molar-refractivity contribution is -0.120. The van der Waals surface area contributed by atoms with Gasteiger partial charge in [0.1, 0.15) is 11.8 Å². The highest BCUT2D eigenvalue weighted by atomic mass is 16.1. The second kappa shape index (κ2) is 6.27. The normalized spacial score (nSPS) is 17.8. The smallest absolute Gasteiger partial charge is 0.229 e. The molecule has 3 heterocycles. The minimum absolute atomic E-state index is 0.0563. The molecule has 4 rings (SSSR count). The van der Waals surface area contributed by atoms with Gasteiger partial charge in [0.2, 0.25) is 5.91 Å². The topological polar surface area (TPSA) is 86.8 Å². The maximum atomic E-state index is 12.6. The first-order valence-electron chi connectivity index (χ1n) is 8.06. The average Bonchev–Trinajstić information content (AvgIpc) is 3.11. The van der Waals surface area contributed by atoms with E-state index in [0.29, 0.717) is 12.2 Å². The standard InChI is InChI=1S/C17H18N6O/c24-17(22-13-6-2-1-3-7-13)12-5-4-8-23(9-12)16-14-15(19-10-18-14)20-11-21-16/h1-3,6-7,10-12H,4-5,8-9H2,(H,22,24)(H,18,19,20,21)/t12-/m0/s1. The van der Waals surface area contributed by atoms with E-state index in [-0.39, 0.29) is 11.8 Å². The summed E-state index contributed by atoms with van der Waals surface area (Å²) in [5, 5.41) is 3.00. The van der Waals surface area contributed by atoms with Gasteiger partial charge >= 0.3 is 0 Å². The number of hydrogen-bond donors (Lipinski definition) is 2. The van der Waals surface area contributed by atoms with Gasteiger partial charge in [0.05, 0.1) is 12.2 Å². The van der Waals surface area contributed by atoms with E-state index in [4.69, 9.17) is 0 Å². The number of H-pyrrole nitrogens is 1. The molecule has 1 amide bonds. The predicted molar refractivity (Wildman–Crippen MR) is 91.7 cm³/mol. The molecular formula is C17H18N6O. The first-order chi connectivity index (χ1) is 11.8. The van der Waals surface area contributed by atoms with Crippen molar-refractivity contribution < 1.29 is 4.79 Å². The molecule has 1 aliphatic rings. The number of hydrogen-bond acceptors (Lipinski definition) is 5. The van der Waals surface area contributed by atoms with Crippen molar-refractivity contribution in [2.45, 2.75) is 12.8 Å². The van der Waals surface area contributed by atoms with Crippen LogP contribution in [0.15, 0.2) is 43.0 Å². The summed E-state index contributed by atoms with van der Waals surface area (Å²) < 4.78 is 0. The summed E-state index contributed by atoms with van der Waals surface area (Å²) >= 11 is 0. The second-order valence-electron chi connectivity index (χ2n) is 5.94. The molecule has 2 N–H and O–H groups in total. The zero-order chi connectivity index (χ0) is 16.4. The summed E-state index contributed by atoms with van der Waals surface area (Å²) in [6, 6.07) is 9.56. The minimum atomic E-state index is -0.0631. The molecule has 7 nitrogen and oxygen atoms in total. The van der Waals surface area contributed by atoms with Crippen molar-refractivity contribution in [2.24, 2.45) is 5.92 Å². The molecule has 0 spiro atoms. The Bertz CT molecular complexity index is 846. The number of carbonyl (C=O) groups excluding carboxylic acids is 1. The Morgan fingerprint density at radius 2 is 2.08 bits per heavy atom. The molecule has 0 aliphatic carbocycles. The van der Waals surface area contributed by atoms with Crippen LogP contribution in [0.3, 0.4) is 0 Å². The van der Waals surface area contributed by atoms with Crippen LogP contribution in [0, 0.1) is 5.92 Å². The van der Waals surface area contributed by atoms with Gasteiger partial charge in [-0.15, -0.1) is 0 Å². The molecule has 0 saturated carbocycles. The SMILES string of the molecule is O=C(Nc1ccccc1)[C@H]1CCCN(c2ncnc3nc[nH]c23)C1. The number of para-hydroxylation sites is 1. The molecule has 0 unspecified atom stereocenters. The molecule has 122 valence electrons. The Labute approximate surface area is 139 Å². The second-order valence-corrected chi connectivity index (χ2v) is 5.94. The Morgan fingerprint density at radius 1 is 1.21 bits per heavy atom. The molecular weight excluding hydrogens is 304 g/mol. The maximum absolute atomic E-state index is 12.6. The summed E-state index contributed by atoms with van der Waals surface area (Å²) in [5.41, 5.74) is 2.30. The molecule has 2 aromatic heterocycles. The number of benzene rings is 1. The number of aromatic nitrogens is 4. The summed E-state index contributed by atoms with van der Waals surface area (Å²) in [7, 11) is 0. The lowest BCUT2D eigenvalue weighted by atomic mass is 9.97. The third kappa shape index (κ3) is 2.80. The van der Waals surface area contributed by atoms with E-state index < -0.39 is 0 Å². The van der Waals surface area contributed by atoms with Crippen molar-refractivity contribution >= 4 is 28.6 Å². The van der Waals surface area contributed by atoms with E-state index in [2.05, 4.69) is 30.2 Å². The van der Waals surface area contributed by atoms with Crippen LogP contribution in [0.4, 0.5) is 11.5 Å². The van der Waals surface area contributed by atoms with Gasteiger partial charge in [-0.25, -0.2) is 15.0 Å². The number of anilines is 2. The molecule has 1 saturated heterocycles. The molecule has 1 aliphatic heterocycles. The van der Waals surface area contributed by atoms with E-state index in [9.17, 15) is 4.79 Å². The van der Waals surface area contributed by atoms with Crippen molar-refractivity contribution in [3.8, 4) is 0 Å². The number of aromatic amines is 1. The highest BCUT2D eigenvalue weighted by molar-refractivity contribution is 5.93. The number of nitrogens with zero attached hydrogens (tertiary/aromatic N) is 4. The Hall–Kier alpha value is -2.96. The van der Waals surface area contributed by atoms with Gasteiger partial charge in [0.15, 0.2) is 11.5 Å². The number of amides is 1. The van der Waals surface area contributed by atoms with Gasteiger partial charge in [-0.3, -0.25) is 4.79 Å². The van der Waals surface area contributed by atoms with Crippen molar-refractivity contribution in [1.29, 1.82) is 0 Å². The average molecular weight is 322 g/mol. The lowest BCUT2D eigenvalue weighted by Crippen LogP contribution is -2.41. The molecule has 24 heavy (non-hydrogen) atoms. The van der Waals surface area contributed by atoms with Crippen LogP contribution in [0.5, 0.6) is 0 Å². The zero-order valence-corrected chi connectivity index (χ0v) is 13.1. The van der Waals surface area contributed by atoms with E-state index in [0.717, 1.165) is 36.4 Å². The largest absolute Gasteiger partial charge is 0.354 e. The van der Waals surface area contributed by atoms with Crippen LogP contribution in [0.25, 0.3) is 11.2 Å². The van der Waals surface area contributed by atoms with Crippen molar-refractivity contribution in [1.82, 2.24) is 19.9 Å². The Balaban J connectivity index is 1.51. The molecule has 3 aromatic rings. The minimum Gasteiger partial charge on any atom is -0.354 e. The molecule has 0 bridgehead atoms. The monoisotopic (exact) mass is 322 g/mol. The van der Waals surface area contributed by atoms with Crippen LogP contribution in [-0.4, -0.2) is 38.9 Å². The fraction of sp³-hybridized carbons (Fsp3) is 0.294. The summed E-state index contributed by atoms with van der Waals surface area (Å²) in [4.78, 5) is 30.5. The van der Waals surface area contributed by atoms with Crippen LogP contribution in [0.2, 0.25) is 0 Å². The van der Waals surface area contributed by atoms with Crippen LogP contribution < -0.4 is 10.2 Å². The van der Waals surface area contributed by atoms with Gasteiger partial charge in [-0.2, -0.15) is 0 Å². The molecule has 1 aromatic carbocycles. The fourth-order valence-electron chi connectivity index (χ4n) is 3.14. The van der Waals surface area contributed by atoms with Crippen LogP contribution in [-0.2, 0) is 4.79 Å². The predicted octanol–water partition coefficient (Wildman–Crippen LogP) is 2.21. The van der Waals surface area contributed by atoms with Gasteiger partial charge in [-0.1, -0.05) is 18.2 Å². The highest BCUT2D eigenvalue weighted by Gasteiger charge is 2.27. The maximum Gasteiger partial charge on any atom is 0.229 e. The molecule has 1 atom stereocenters. The number of carbonyl (C=O) groups is 1. The van der Waals surface area contributed by atoms with Crippen molar-refractivity contribution in [3.05, 3.63) is 43.0 Å². The van der Waals surface area contributed by atoms with Crippen LogP contribution >= 0.6 is 0 Å². The molecule has 1 fully saturated rings. The zero-order valence-electron chi connectivity index (χ0n) is 13.1. The third-order valence-corrected chi connectivity index (χ3v) is 4.34. The highest BCUT2D eigenvalue weighted by Crippen LogP contribution is 2.26. The quantitative estimate of drug-likeness (QED) is 0.772. The number of imidazole rings is 1. The summed E-state index contributed by atoms with van der Waals surface area (Å²) in [5.74, 6) is 0.808.